The lowest BCUT2D eigenvalue weighted by Gasteiger charge is -2.19. The number of hydrogen-bond donors (Lipinski definition) is 2. The molecule has 1 aromatic heterocycles. The highest BCUT2D eigenvalue weighted by Crippen LogP contribution is 2.07. The normalized spacial score (nSPS) is 10.2. The average molecular weight is 196 g/mol. The van der Waals surface area contributed by atoms with Gasteiger partial charge in [0.25, 0.3) is 0 Å². The molecule has 0 fully saturated rings. The maximum atomic E-state index is 11.2. The largest absolute Gasteiger partial charge is 0.357 e. The zero-order chi connectivity index (χ0) is 10.6. The zero-order valence-electron chi connectivity index (χ0n) is 8.58. The van der Waals surface area contributed by atoms with Gasteiger partial charge in [-0.3, -0.25) is 0 Å². The van der Waals surface area contributed by atoms with Crippen LogP contribution >= 0.6 is 0 Å². The SMILES string of the molecule is CCN(CC)c1cc(CN)[nH]c(=O)n1. The van der Waals surface area contributed by atoms with Crippen LogP contribution in [0.1, 0.15) is 19.5 Å². The van der Waals surface area contributed by atoms with Crippen molar-refractivity contribution in [1.82, 2.24) is 9.97 Å². The molecule has 78 valence electrons. The smallest absolute Gasteiger partial charge is 0.347 e. The lowest BCUT2D eigenvalue weighted by atomic mass is 10.3. The molecular weight excluding hydrogens is 180 g/mol. The van der Waals surface area contributed by atoms with Crippen LogP contribution in [0.25, 0.3) is 0 Å². The van der Waals surface area contributed by atoms with Crippen molar-refractivity contribution < 1.29 is 0 Å². The van der Waals surface area contributed by atoms with E-state index in [4.69, 9.17) is 5.73 Å². The third-order valence-electron chi connectivity index (χ3n) is 2.09. The molecule has 5 nitrogen and oxygen atoms in total. The van der Waals surface area contributed by atoms with Crippen LogP contribution in [0.4, 0.5) is 5.82 Å². The van der Waals surface area contributed by atoms with Gasteiger partial charge in [0.15, 0.2) is 0 Å². The molecule has 0 amide bonds. The Hall–Kier alpha value is -1.36. The number of H-pyrrole nitrogens is 1. The number of nitrogens with two attached hydrogens (primary N) is 1. The lowest BCUT2D eigenvalue weighted by Crippen LogP contribution is -2.27. The molecule has 0 radical (unpaired) electrons. The van der Waals surface area contributed by atoms with E-state index < -0.39 is 0 Å². The number of nitrogens with one attached hydrogen (secondary N) is 1. The Balaban J connectivity index is 3.07. The van der Waals surface area contributed by atoms with Crippen molar-refractivity contribution in [3.05, 3.63) is 22.2 Å². The van der Waals surface area contributed by atoms with Crippen LogP contribution in [-0.2, 0) is 6.54 Å². The summed E-state index contributed by atoms with van der Waals surface area (Å²) in [4.78, 5) is 19.6. The fraction of sp³-hybridized carbons (Fsp3) is 0.556. The molecule has 0 aliphatic rings. The van der Waals surface area contributed by atoms with Gasteiger partial charge in [0.2, 0.25) is 0 Å². The second-order valence-electron chi connectivity index (χ2n) is 2.95. The van der Waals surface area contributed by atoms with Gasteiger partial charge in [-0.1, -0.05) is 0 Å². The van der Waals surface area contributed by atoms with Crippen LogP contribution in [0.5, 0.6) is 0 Å². The van der Waals surface area contributed by atoms with Crippen molar-refractivity contribution in [2.45, 2.75) is 20.4 Å². The van der Waals surface area contributed by atoms with Crippen molar-refractivity contribution in [1.29, 1.82) is 0 Å². The van der Waals surface area contributed by atoms with Crippen LogP contribution in [0.2, 0.25) is 0 Å². The zero-order valence-corrected chi connectivity index (χ0v) is 8.58. The van der Waals surface area contributed by atoms with Crippen molar-refractivity contribution in [2.75, 3.05) is 18.0 Å². The van der Waals surface area contributed by atoms with Gasteiger partial charge in [-0.05, 0) is 13.8 Å². The minimum atomic E-state index is -0.338. The van der Waals surface area contributed by atoms with E-state index in [1.54, 1.807) is 0 Å². The first-order valence-corrected chi connectivity index (χ1v) is 4.76. The molecule has 0 aliphatic heterocycles. The Bertz CT molecular complexity index is 343. The van der Waals surface area contributed by atoms with Gasteiger partial charge in [-0.2, -0.15) is 4.98 Å². The number of hydrogen-bond acceptors (Lipinski definition) is 4. The van der Waals surface area contributed by atoms with Crippen LogP contribution in [-0.4, -0.2) is 23.1 Å². The molecule has 3 N–H and O–H groups in total. The number of aromatic nitrogens is 2. The molecule has 1 rings (SSSR count). The van der Waals surface area contributed by atoms with Crippen LogP contribution in [0.15, 0.2) is 10.9 Å². The Labute approximate surface area is 83.0 Å². The van der Waals surface area contributed by atoms with Crippen LogP contribution in [0.3, 0.4) is 0 Å². The molecule has 0 aliphatic carbocycles. The van der Waals surface area contributed by atoms with Gasteiger partial charge < -0.3 is 15.6 Å². The summed E-state index contributed by atoms with van der Waals surface area (Å²) >= 11 is 0. The van der Waals surface area contributed by atoms with E-state index in [9.17, 15) is 4.79 Å². The lowest BCUT2D eigenvalue weighted by molar-refractivity contribution is 0.822. The van der Waals surface area contributed by atoms with Crippen LogP contribution in [0, 0.1) is 0 Å². The summed E-state index contributed by atoms with van der Waals surface area (Å²) in [6.45, 7) is 6.03. The second-order valence-corrected chi connectivity index (χ2v) is 2.95. The summed E-state index contributed by atoms with van der Waals surface area (Å²) in [5.41, 5.74) is 5.83. The topological polar surface area (TPSA) is 75.0 Å². The number of rotatable bonds is 4. The predicted molar refractivity (Wildman–Crippen MR) is 56.3 cm³/mol. The first-order valence-electron chi connectivity index (χ1n) is 4.76. The number of nitrogens with zero attached hydrogens (tertiary/aromatic N) is 2. The quantitative estimate of drug-likeness (QED) is 0.715. The standard InChI is InChI=1S/C9H16N4O/c1-3-13(4-2)8-5-7(6-10)11-9(14)12-8/h5H,3-4,6,10H2,1-2H3,(H,11,12,14). The van der Waals surface area contributed by atoms with Crippen molar-refractivity contribution in [3.63, 3.8) is 0 Å². The van der Waals surface area contributed by atoms with Gasteiger partial charge in [0, 0.05) is 31.4 Å². The maximum absolute atomic E-state index is 11.2. The van der Waals surface area contributed by atoms with Crippen molar-refractivity contribution in [2.24, 2.45) is 5.73 Å². The Morgan fingerprint density at radius 1 is 1.50 bits per heavy atom. The van der Waals surface area contributed by atoms with E-state index >= 15 is 0 Å². The van der Waals surface area contributed by atoms with E-state index in [-0.39, 0.29) is 5.69 Å². The summed E-state index contributed by atoms with van der Waals surface area (Å²) in [5, 5.41) is 0. The molecule has 0 spiro atoms. The van der Waals surface area contributed by atoms with Crippen LogP contribution < -0.4 is 16.3 Å². The second kappa shape index (κ2) is 4.76. The Kier molecular flexibility index (Phi) is 3.64. The molecule has 0 saturated heterocycles. The van der Waals surface area contributed by atoms with Crippen molar-refractivity contribution in [3.8, 4) is 0 Å². The van der Waals surface area contributed by atoms with E-state index in [0.717, 1.165) is 13.1 Å². The summed E-state index contributed by atoms with van der Waals surface area (Å²) in [6, 6.07) is 1.81. The van der Waals surface area contributed by atoms with Gasteiger partial charge in [-0.15, -0.1) is 0 Å². The minimum absolute atomic E-state index is 0.325. The van der Waals surface area contributed by atoms with Gasteiger partial charge >= 0.3 is 5.69 Å². The monoisotopic (exact) mass is 196 g/mol. The van der Waals surface area contributed by atoms with E-state index in [0.29, 0.717) is 18.1 Å². The first kappa shape index (κ1) is 10.7. The summed E-state index contributed by atoms with van der Waals surface area (Å²) in [6.07, 6.45) is 0. The molecule has 14 heavy (non-hydrogen) atoms. The molecule has 0 bridgehead atoms. The van der Waals surface area contributed by atoms with Crippen molar-refractivity contribution >= 4 is 5.82 Å². The highest BCUT2D eigenvalue weighted by Gasteiger charge is 2.05. The molecule has 1 heterocycles. The van der Waals surface area contributed by atoms with E-state index in [2.05, 4.69) is 9.97 Å². The third kappa shape index (κ3) is 2.32. The van der Waals surface area contributed by atoms with E-state index in [1.807, 2.05) is 24.8 Å². The predicted octanol–water partition coefficient (Wildman–Crippen LogP) is 0.0748. The molecule has 1 aromatic rings. The third-order valence-corrected chi connectivity index (χ3v) is 2.09. The molecular formula is C9H16N4O. The van der Waals surface area contributed by atoms with E-state index in [1.165, 1.54) is 0 Å². The highest BCUT2D eigenvalue weighted by molar-refractivity contribution is 5.38. The number of aromatic amines is 1. The minimum Gasteiger partial charge on any atom is -0.357 e. The molecule has 0 atom stereocenters. The fourth-order valence-electron chi connectivity index (χ4n) is 1.31. The molecule has 0 saturated carbocycles. The van der Waals surface area contributed by atoms with Gasteiger partial charge in [-0.25, -0.2) is 4.79 Å². The summed E-state index contributed by atoms with van der Waals surface area (Å²) < 4.78 is 0. The molecule has 5 heteroatoms. The summed E-state index contributed by atoms with van der Waals surface area (Å²) in [5.74, 6) is 0.694. The summed E-state index contributed by atoms with van der Waals surface area (Å²) in [7, 11) is 0. The number of anilines is 1. The Morgan fingerprint density at radius 3 is 2.64 bits per heavy atom. The average Bonchev–Trinajstić information content (AvgIpc) is 2.19. The first-order chi connectivity index (χ1) is 6.71. The Morgan fingerprint density at radius 2 is 2.14 bits per heavy atom. The van der Waals surface area contributed by atoms with Gasteiger partial charge in [0.05, 0.1) is 0 Å². The molecule has 0 unspecified atom stereocenters. The van der Waals surface area contributed by atoms with Gasteiger partial charge in [0.1, 0.15) is 5.82 Å². The highest BCUT2D eigenvalue weighted by atomic mass is 16.1. The maximum Gasteiger partial charge on any atom is 0.347 e. The fourth-order valence-corrected chi connectivity index (χ4v) is 1.31. The molecule has 0 aromatic carbocycles.